The molecule has 7 N–H and O–H groups in total. The average Bonchev–Trinajstić information content (AvgIpc) is 2.81. The fourth-order valence-electron chi connectivity index (χ4n) is 3.87. The third kappa shape index (κ3) is 7.43. The number of hydrogen-bond donors (Lipinski definition) is 4. The molecule has 176 valence electrons. The number of unbranched alkanes of at least 4 members (excludes halogenated alkanes) is 2. The van der Waals surface area contributed by atoms with Crippen molar-refractivity contribution in [3.63, 3.8) is 0 Å². The van der Waals surface area contributed by atoms with Gasteiger partial charge in [-0.05, 0) is 55.0 Å². The van der Waals surface area contributed by atoms with Crippen molar-refractivity contribution in [3.05, 3.63) is 48.0 Å². The van der Waals surface area contributed by atoms with Crippen LogP contribution in [0.5, 0.6) is 11.5 Å². The van der Waals surface area contributed by atoms with Gasteiger partial charge in [-0.2, -0.15) is 0 Å². The van der Waals surface area contributed by atoms with E-state index >= 15 is 0 Å². The number of amides is 1. The number of hydrogen-bond acceptors (Lipinski definition) is 6. The maximum absolute atomic E-state index is 12.9. The van der Waals surface area contributed by atoms with Gasteiger partial charge in [-0.15, -0.1) is 0 Å². The first-order chi connectivity index (χ1) is 15.4. The molecular weight excluding hydrogens is 404 g/mol. The molecule has 7 nitrogen and oxygen atoms in total. The van der Waals surface area contributed by atoms with Gasteiger partial charge in [-0.1, -0.05) is 38.3 Å². The SMILES string of the molecule is CCCCCC(C(N)CCc1cc(OC)cc(OC)c1)C(N)C(=O)Nc1ccccc1N. The molecule has 0 bridgehead atoms. The second kappa shape index (κ2) is 12.9. The van der Waals surface area contributed by atoms with Gasteiger partial charge in [0, 0.05) is 12.1 Å². The third-order valence-corrected chi connectivity index (χ3v) is 5.85. The largest absolute Gasteiger partial charge is 0.497 e. The van der Waals surface area contributed by atoms with Crippen LogP contribution in [0, 0.1) is 5.92 Å². The Kier molecular flexibility index (Phi) is 10.3. The monoisotopic (exact) mass is 442 g/mol. The van der Waals surface area contributed by atoms with Crippen LogP contribution in [0.4, 0.5) is 11.4 Å². The van der Waals surface area contributed by atoms with Crippen molar-refractivity contribution in [1.82, 2.24) is 0 Å². The van der Waals surface area contributed by atoms with Crippen LogP contribution in [-0.4, -0.2) is 32.2 Å². The van der Waals surface area contributed by atoms with Gasteiger partial charge in [0.2, 0.25) is 5.91 Å². The van der Waals surface area contributed by atoms with Crippen LogP contribution < -0.4 is 32.0 Å². The van der Waals surface area contributed by atoms with Crippen LogP contribution in [0.1, 0.15) is 44.6 Å². The zero-order valence-electron chi connectivity index (χ0n) is 19.5. The van der Waals surface area contributed by atoms with E-state index in [1.165, 1.54) is 0 Å². The summed E-state index contributed by atoms with van der Waals surface area (Å²) in [7, 11) is 3.26. The lowest BCUT2D eigenvalue weighted by atomic mass is 9.84. The third-order valence-electron chi connectivity index (χ3n) is 5.85. The summed E-state index contributed by atoms with van der Waals surface area (Å²) in [5.74, 6) is 1.08. The number of anilines is 2. The molecule has 2 rings (SSSR count). The van der Waals surface area contributed by atoms with Crippen LogP contribution in [-0.2, 0) is 11.2 Å². The Morgan fingerprint density at radius 3 is 2.25 bits per heavy atom. The van der Waals surface area contributed by atoms with Crippen LogP contribution in [0.3, 0.4) is 0 Å². The highest BCUT2D eigenvalue weighted by molar-refractivity contribution is 5.97. The molecule has 0 radical (unpaired) electrons. The Morgan fingerprint density at radius 1 is 1.00 bits per heavy atom. The van der Waals surface area contributed by atoms with Gasteiger partial charge in [0.1, 0.15) is 11.5 Å². The number of rotatable bonds is 13. The first-order valence-electron chi connectivity index (χ1n) is 11.3. The number of aryl methyl sites for hydroxylation is 1. The molecule has 32 heavy (non-hydrogen) atoms. The maximum Gasteiger partial charge on any atom is 0.241 e. The first-order valence-corrected chi connectivity index (χ1v) is 11.3. The summed E-state index contributed by atoms with van der Waals surface area (Å²) in [6.07, 6.45) is 5.38. The molecule has 1 amide bonds. The van der Waals surface area contributed by atoms with E-state index in [0.29, 0.717) is 17.8 Å². The summed E-state index contributed by atoms with van der Waals surface area (Å²) in [6, 6.07) is 12.0. The Balaban J connectivity index is 2.09. The summed E-state index contributed by atoms with van der Waals surface area (Å²) in [5, 5.41) is 2.86. The molecule has 0 heterocycles. The standard InChI is InChI=1S/C25H38N4O3/c1-4-5-6-9-20(24(28)25(30)29-23-11-8-7-10-22(23)27)21(26)13-12-17-14-18(31-2)16-19(15-17)32-3/h7-8,10-11,14-16,20-21,24H,4-6,9,12-13,26-28H2,1-3H3,(H,29,30). The van der Waals surface area contributed by atoms with Crippen molar-refractivity contribution >= 4 is 17.3 Å². The van der Waals surface area contributed by atoms with Crippen LogP contribution in [0.25, 0.3) is 0 Å². The van der Waals surface area contributed by atoms with E-state index < -0.39 is 6.04 Å². The highest BCUT2D eigenvalue weighted by Gasteiger charge is 2.29. The van der Waals surface area contributed by atoms with Gasteiger partial charge in [0.25, 0.3) is 0 Å². The number of carbonyl (C=O) groups excluding carboxylic acids is 1. The number of ether oxygens (including phenoxy) is 2. The Morgan fingerprint density at radius 2 is 1.66 bits per heavy atom. The van der Waals surface area contributed by atoms with Gasteiger partial charge >= 0.3 is 0 Å². The number of nitrogens with two attached hydrogens (primary N) is 3. The lowest BCUT2D eigenvalue weighted by molar-refractivity contribution is -0.118. The molecule has 0 fully saturated rings. The molecule has 2 aromatic rings. The molecule has 3 atom stereocenters. The zero-order chi connectivity index (χ0) is 23.5. The molecule has 3 unspecified atom stereocenters. The van der Waals surface area contributed by atoms with E-state index in [4.69, 9.17) is 26.7 Å². The lowest BCUT2D eigenvalue weighted by Gasteiger charge is -2.29. The summed E-state index contributed by atoms with van der Waals surface area (Å²) in [4.78, 5) is 12.9. The smallest absolute Gasteiger partial charge is 0.241 e. The predicted octanol–water partition coefficient (Wildman–Crippen LogP) is 3.71. The summed E-state index contributed by atoms with van der Waals surface area (Å²) < 4.78 is 10.7. The topological polar surface area (TPSA) is 126 Å². The van der Waals surface area contributed by atoms with Gasteiger partial charge in [0.15, 0.2) is 0 Å². The normalized spacial score (nSPS) is 13.8. The molecule has 0 aliphatic rings. The second-order valence-corrected chi connectivity index (χ2v) is 8.19. The fourth-order valence-corrected chi connectivity index (χ4v) is 3.87. The van der Waals surface area contributed by atoms with Crippen LogP contribution in [0.15, 0.2) is 42.5 Å². The van der Waals surface area contributed by atoms with Gasteiger partial charge < -0.3 is 32.0 Å². The minimum Gasteiger partial charge on any atom is -0.497 e. The van der Waals surface area contributed by atoms with Crippen LogP contribution >= 0.6 is 0 Å². The molecule has 0 aliphatic carbocycles. The average molecular weight is 443 g/mol. The number of methoxy groups -OCH3 is 2. The van der Waals surface area contributed by atoms with E-state index in [-0.39, 0.29) is 17.9 Å². The molecule has 0 saturated carbocycles. The number of nitrogen functional groups attached to an aromatic ring is 1. The van der Waals surface area contributed by atoms with Gasteiger partial charge in [-0.3, -0.25) is 4.79 Å². The van der Waals surface area contributed by atoms with Crippen molar-refractivity contribution in [1.29, 1.82) is 0 Å². The van der Waals surface area contributed by atoms with Crippen molar-refractivity contribution in [2.45, 2.75) is 57.5 Å². The lowest BCUT2D eigenvalue weighted by Crippen LogP contribution is -2.49. The van der Waals surface area contributed by atoms with Crippen molar-refractivity contribution < 1.29 is 14.3 Å². The fraction of sp³-hybridized carbons (Fsp3) is 0.480. The van der Waals surface area contributed by atoms with E-state index in [1.54, 1.807) is 26.4 Å². The summed E-state index contributed by atoms with van der Waals surface area (Å²) >= 11 is 0. The highest BCUT2D eigenvalue weighted by atomic mass is 16.5. The molecule has 7 heteroatoms. The van der Waals surface area contributed by atoms with E-state index in [0.717, 1.165) is 49.2 Å². The number of para-hydroxylation sites is 2. The minimum absolute atomic E-state index is 0.140. The van der Waals surface area contributed by atoms with Gasteiger partial charge in [-0.25, -0.2) is 0 Å². The summed E-state index contributed by atoms with van der Waals surface area (Å²) in [6.45, 7) is 2.15. The molecular formula is C25H38N4O3. The van der Waals surface area contributed by atoms with Crippen LogP contribution in [0.2, 0.25) is 0 Å². The molecule has 0 spiro atoms. The van der Waals surface area contributed by atoms with Gasteiger partial charge in [0.05, 0.1) is 31.6 Å². The van der Waals surface area contributed by atoms with E-state index in [1.807, 2.05) is 30.3 Å². The molecule has 0 aliphatic heterocycles. The Hall–Kier alpha value is -2.77. The number of carbonyl (C=O) groups is 1. The van der Waals surface area contributed by atoms with Crippen molar-refractivity contribution in [2.75, 3.05) is 25.3 Å². The zero-order valence-corrected chi connectivity index (χ0v) is 19.5. The molecule has 2 aromatic carbocycles. The Labute approximate surface area is 191 Å². The predicted molar refractivity (Wildman–Crippen MR) is 131 cm³/mol. The molecule has 0 saturated heterocycles. The maximum atomic E-state index is 12.9. The number of benzene rings is 2. The quantitative estimate of drug-likeness (QED) is 0.277. The molecule has 0 aromatic heterocycles. The van der Waals surface area contributed by atoms with Crippen molar-refractivity contribution in [3.8, 4) is 11.5 Å². The van der Waals surface area contributed by atoms with E-state index in [2.05, 4.69) is 12.2 Å². The first kappa shape index (κ1) is 25.5. The highest BCUT2D eigenvalue weighted by Crippen LogP contribution is 2.26. The van der Waals surface area contributed by atoms with Crippen molar-refractivity contribution in [2.24, 2.45) is 17.4 Å². The summed E-state index contributed by atoms with van der Waals surface area (Å²) in [5.41, 5.74) is 21.1. The number of nitrogens with one attached hydrogen (secondary N) is 1. The van der Waals surface area contributed by atoms with E-state index in [9.17, 15) is 4.79 Å². The second-order valence-electron chi connectivity index (χ2n) is 8.19. The Bertz CT molecular complexity index is 837. The minimum atomic E-state index is -0.721.